The van der Waals surface area contributed by atoms with Crippen molar-refractivity contribution in [3.05, 3.63) is 36.3 Å². The predicted octanol–water partition coefficient (Wildman–Crippen LogP) is 0.456. The lowest BCUT2D eigenvalue weighted by Gasteiger charge is -1.97. The van der Waals surface area contributed by atoms with Crippen molar-refractivity contribution in [2.45, 2.75) is 0 Å². The van der Waals surface area contributed by atoms with Gasteiger partial charge in [-0.05, 0) is 12.1 Å². The Morgan fingerprint density at radius 3 is 2.72 bits per heavy atom. The minimum Gasteiger partial charge on any atom is -0.476 e. The van der Waals surface area contributed by atoms with Crippen LogP contribution in [-0.2, 0) is 0 Å². The summed E-state index contributed by atoms with van der Waals surface area (Å²) in [5.41, 5.74) is 4.65. The highest BCUT2D eigenvalue weighted by Gasteiger charge is 2.17. The van der Waals surface area contributed by atoms with Crippen LogP contribution in [0.4, 0.5) is 10.5 Å². The van der Waals surface area contributed by atoms with E-state index in [0.717, 1.165) is 0 Å². The summed E-state index contributed by atoms with van der Waals surface area (Å²) in [7, 11) is 0. The molecule has 2 amide bonds. The second-order valence-corrected chi connectivity index (χ2v) is 3.32. The van der Waals surface area contributed by atoms with Gasteiger partial charge in [0.25, 0.3) is 0 Å². The zero-order chi connectivity index (χ0) is 13.1. The number of urea groups is 1. The van der Waals surface area contributed by atoms with Crippen molar-refractivity contribution in [3.8, 4) is 5.82 Å². The summed E-state index contributed by atoms with van der Waals surface area (Å²) in [6, 6.07) is 4.23. The number of rotatable bonds is 3. The van der Waals surface area contributed by atoms with Gasteiger partial charge in [-0.3, -0.25) is 0 Å². The van der Waals surface area contributed by atoms with E-state index in [1.165, 1.54) is 10.9 Å². The number of carboxylic acids is 1. The molecule has 0 unspecified atom stereocenters. The highest BCUT2D eigenvalue weighted by molar-refractivity contribution is 5.98. The third kappa shape index (κ3) is 2.26. The maximum atomic E-state index is 11.0. The highest BCUT2D eigenvalue weighted by atomic mass is 16.4. The average molecular weight is 247 g/mol. The molecule has 0 aliphatic carbocycles. The lowest BCUT2D eigenvalue weighted by atomic mass is 10.4. The van der Waals surface area contributed by atoms with E-state index in [-0.39, 0.29) is 11.4 Å². The maximum Gasteiger partial charge on any atom is 0.358 e. The summed E-state index contributed by atoms with van der Waals surface area (Å²) in [6.45, 7) is 0. The molecule has 92 valence electrons. The largest absolute Gasteiger partial charge is 0.476 e. The summed E-state index contributed by atoms with van der Waals surface area (Å²) in [6.07, 6.45) is 2.87. The molecule has 2 heterocycles. The van der Waals surface area contributed by atoms with Crippen LogP contribution in [0.25, 0.3) is 5.82 Å². The van der Waals surface area contributed by atoms with Crippen LogP contribution < -0.4 is 11.1 Å². The normalized spacial score (nSPS) is 10.0. The molecule has 0 spiro atoms. The van der Waals surface area contributed by atoms with Gasteiger partial charge < -0.3 is 16.2 Å². The van der Waals surface area contributed by atoms with Gasteiger partial charge in [-0.25, -0.2) is 19.3 Å². The van der Waals surface area contributed by atoms with Crippen LogP contribution in [0.15, 0.2) is 30.6 Å². The highest BCUT2D eigenvalue weighted by Crippen LogP contribution is 2.16. The number of primary amides is 1. The molecular weight excluding hydrogens is 238 g/mol. The van der Waals surface area contributed by atoms with E-state index in [2.05, 4.69) is 15.4 Å². The molecule has 0 aromatic carbocycles. The quantitative estimate of drug-likeness (QED) is 0.726. The number of aromatic carboxylic acids is 1. The molecule has 0 saturated heterocycles. The molecule has 4 N–H and O–H groups in total. The smallest absolute Gasteiger partial charge is 0.358 e. The van der Waals surface area contributed by atoms with Gasteiger partial charge in [-0.1, -0.05) is 6.07 Å². The van der Waals surface area contributed by atoms with Gasteiger partial charge in [0.2, 0.25) is 0 Å². The SMILES string of the molecule is NC(=O)Nc1cn(-c2ccccn2)nc1C(=O)O. The average Bonchev–Trinajstić information content (AvgIpc) is 2.73. The van der Waals surface area contributed by atoms with E-state index in [9.17, 15) is 9.59 Å². The van der Waals surface area contributed by atoms with E-state index in [4.69, 9.17) is 10.8 Å². The van der Waals surface area contributed by atoms with Crippen LogP contribution >= 0.6 is 0 Å². The number of nitrogens with one attached hydrogen (secondary N) is 1. The Balaban J connectivity index is 2.45. The van der Waals surface area contributed by atoms with Gasteiger partial charge in [-0.15, -0.1) is 0 Å². The molecule has 0 bridgehead atoms. The summed E-state index contributed by atoms with van der Waals surface area (Å²) in [5.74, 6) is -0.842. The molecule has 18 heavy (non-hydrogen) atoms. The van der Waals surface area contributed by atoms with Crippen LogP contribution in [0.5, 0.6) is 0 Å². The van der Waals surface area contributed by atoms with Crippen molar-refractivity contribution in [3.63, 3.8) is 0 Å². The number of aromatic nitrogens is 3. The van der Waals surface area contributed by atoms with Gasteiger partial charge in [0.05, 0.1) is 11.9 Å². The second-order valence-electron chi connectivity index (χ2n) is 3.32. The van der Waals surface area contributed by atoms with Crippen LogP contribution in [0.3, 0.4) is 0 Å². The molecule has 2 aromatic heterocycles. The molecule has 8 nitrogen and oxygen atoms in total. The van der Waals surface area contributed by atoms with Crippen molar-refractivity contribution in [1.29, 1.82) is 0 Å². The number of carboxylic acid groups (broad SMARTS) is 1. The summed E-state index contributed by atoms with van der Waals surface area (Å²) < 4.78 is 1.24. The first kappa shape index (κ1) is 11.6. The first-order chi connectivity index (χ1) is 8.58. The van der Waals surface area contributed by atoms with Gasteiger partial charge in [-0.2, -0.15) is 5.10 Å². The second kappa shape index (κ2) is 4.53. The minimum atomic E-state index is -1.27. The molecule has 0 saturated carbocycles. The van der Waals surface area contributed by atoms with Crippen molar-refractivity contribution >= 4 is 17.7 Å². The number of nitrogens with zero attached hydrogens (tertiary/aromatic N) is 3. The van der Waals surface area contributed by atoms with E-state index in [1.54, 1.807) is 24.4 Å². The summed E-state index contributed by atoms with van der Waals surface area (Å²) in [4.78, 5) is 25.7. The minimum absolute atomic E-state index is 0.0145. The zero-order valence-electron chi connectivity index (χ0n) is 9.07. The van der Waals surface area contributed by atoms with Gasteiger partial charge in [0.1, 0.15) is 0 Å². The molecule has 0 fully saturated rings. The van der Waals surface area contributed by atoms with Crippen molar-refractivity contribution in [2.75, 3.05) is 5.32 Å². The Morgan fingerprint density at radius 2 is 2.17 bits per heavy atom. The van der Waals surface area contributed by atoms with E-state index < -0.39 is 12.0 Å². The fraction of sp³-hybridized carbons (Fsp3) is 0. The number of carbonyl (C=O) groups excluding carboxylic acids is 1. The predicted molar refractivity (Wildman–Crippen MR) is 61.5 cm³/mol. The number of hydrogen-bond donors (Lipinski definition) is 3. The zero-order valence-corrected chi connectivity index (χ0v) is 9.07. The Hall–Kier alpha value is -2.90. The van der Waals surface area contributed by atoms with E-state index >= 15 is 0 Å². The maximum absolute atomic E-state index is 11.0. The number of anilines is 1. The lowest BCUT2D eigenvalue weighted by molar-refractivity contribution is 0.0691. The summed E-state index contributed by atoms with van der Waals surface area (Å²) in [5, 5.41) is 15.0. The Morgan fingerprint density at radius 1 is 1.39 bits per heavy atom. The lowest BCUT2D eigenvalue weighted by Crippen LogP contribution is -2.20. The van der Waals surface area contributed by atoms with Crippen molar-refractivity contribution in [1.82, 2.24) is 14.8 Å². The molecule has 8 heteroatoms. The fourth-order valence-electron chi connectivity index (χ4n) is 1.36. The third-order valence-electron chi connectivity index (χ3n) is 2.06. The van der Waals surface area contributed by atoms with Crippen LogP contribution in [0.2, 0.25) is 0 Å². The first-order valence-corrected chi connectivity index (χ1v) is 4.89. The molecule has 0 atom stereocenters. The first-order valence-electron chi connectivity index (χ1n) is 4.89. The van der Waals surface area contributed by atoms with E-state index in [1.807, 2.05) is 0 Å². The monoisotopic (exact) mass is 247 g/mol. The number of carbonyl (C=O) groups is 2. The van der Waals surface area contributed by atoms with Crippen LogP contribution in [0, 0.1) is 0 Å². The Labute approximate surface area is 101 Å². The van der Waals surface area contributed by atoms with Crippen LogP contribution in [0.1, 0.15) is 10.5 Å². The number of nitrogens with two attached hydrogens (primary N) is 1. The Kier molecular flexibility index (Phi) is 2.92. The van der Waals surface area contributed by atoms with Crippen molar-refractivity contribution < 1.29 is 14.7 Å². The number of hydrogen-bond acceptors (Lipinski definition) is 4. The summed E-state index contributed by atoms with van der Waals surface area (Å²) >= 11 is 0. The molecule has 2 aromatic rings. The molecular formula is C10H9N5O3. The number of amides is 2. The van der Waals surface area contributed by atoms with Crippen molar-refractivity contribution in [2.24, 2.45) is 5.73 Å². The molecule has 2 rings (SSSR count). The number of pyridine rings is 1. The van der Waals surface area contributed by atoms with Gasteiger partial charge in [0, 0.05) is 6.20 Å². The Bertz CT molecular complexity index is 593. The third-order valence-corrected chi connectivity index (χ3v) is 2.06. The van der Waals surface area contributed by atoms with Gasteiger partial charge >= 0.3 is 12.0 Å². The van der Waals surface area contributed by atoms with Crippen LogP contribution in [-0.4, -0.2) is 31.9 Å². The topological polar surface area (TPSA) is 123 Å². The van der Waals surface area contributed by atoms with E-state index in [0.29, 0.717) is 5.82 Å². The fourth-order valence-corrected chi connectivity index (χ4v) is 1.36. The molecule has 0 aliphatic rings. The van der Waals surface area contributed by atoms with Gasteiger partial charge in [0.15, 0.2) is 11.5 Å². The molecule has 0 aliphatic heterocycles. The molecule has 0 radical (unpaired) electrons. The standard InChI is InChI=1S/C10H9N5O3/c11-10(18)13-6-5-15(14-8(6)9(16)17)7-3-1-2-4-12-7/h1-5H,(H,16,17)(H3,11,13,18).